The van der Waals surface area contributed by atoms with Gasteiger partial charge in [-0.25, -0.2) is 0 Å². The van der Waals surface area contributed by atoms with Crippen molar-refractivity contribution < 1.29 is 14.4 Å². The summed E-state index contributed by atoms with van der Waals surface area (Å²) in [7, 11) is 1.76. The minimum absolute atomic E-state index is 0.0231. The van der Waals surface area contributed by atoms with Crippen LogP contribution in [0.25, 0.3) is 0 Å². The summed E-state index contributed by atoms with van der Waals surface area (Å²) in [6, 6.07) is 0. The summed E-state index contributed by atoms with van der Waals surface area (Å²) in [6.07, 6.45) is 2.31. The molecule has 0 N–H and O–H groups in total. The van der Waals surface area contributed by atoms with Crippen molar-refractivity contribution >= 4 is 17.3 Å². The first-order valence-electron chi connectivity index (χ1n) is 6.32. The van der Waals surface area contributed by atoms with Gasteiger partial charge in [0, 0.05) is 31.5 Å². The maximum Gasteiger partial charge on any atom is 0.180 e. The van der Waals surface area contributed by atoms with Gasteiger partial charge < -0.3 is 4.57 Å². The van der Waals surface area contributed by atoms with Crippen molar-refractivity contribution in [2.75, 3.05) is 0 Å². The largest absolute Gasteiger partial charge is 0.344 e. The van der Waals surface area contributed by atoms with E-state index in [4.69, 9.17) is 0 Å². The molecule has 0 amide bonds. The fourth-order valence-corrected chi connectivity index (χ4v) is 2.72. The number of hydrogen-bond acceptors (Lipinski definition) is 3. The molecular weight excluding hydrogens is 230 g/mol. The second kappa shape index (κ2) is 3.64. The van der Waals surface area contributed by atoms with Gasteiger partial charge in [0.15, 0.2) is 17.3 Å². The van der Waals surface area contributed by atoms with E-state index in [-0.39, 0.29) is 36.1 Å². The Morgan fingerprint density at radius 3 is 2.39 bits per heavy atom. The lowest BCUT2D eigenvalue weighted by Gasteiger charge is -2.11. The van der Waals surface area contributed by atoms with Gasteiger partial charge in [0.1, 0.15) is 0 Å². The Morgan fingerprint density at radius 1 is 1.17 bits per heavy atom. The first kappa shape index (κ1) is 11.4. The molecule has 0 aliphatic heterocycles. The van der Waals surface area contributed by atoms with Gasteiger partial charge in [0.05, 0.1) is 16.8 Å². The molecule has 3 rings (SSSR count). The number of hydrogen-bond donors (Lipinski definition) is 0. The van der Waals surface area contributed by atoms with Crippen molar-refractivity contribution in [1.29, 1.82) is 0 Å². The standard InChI is InChI=1S/C14H15NO3/c1-7-11(14(18)8-3-4-8)12-9(16)5-6-10(17)13(12)15(7)2/h8H,3-6H2,1-2H3. The maximum absolute atomic E-state index is 12.3. The van der Waals surface area contributed by atoms with Gasteiger partial charge in [-0.15, -0.1) is 0 Å². The molecule has 1 aromatic rings. The summed E-state index contributed by atoms with van der Waals surface area (Å²) in [5.41, 5.74) is 2.09. The van der Waals surface area contributed by atoms with Crippen LogP contribution in [-0.4, -0.2) is 21.9 Å². The average Bonchev–Trinajstić information content (AvgIpc) is 3.13. The monoisotopic (exact) mass is 245 g/mol. The van der Waals surface area contributed by atoms with E-state index < -0.39 is 0 Å². The molecule has 18 heavy (non-hydrogen) atoms. The highest BCUT2D eigenvalue weighted by Crippen LogP contribution is 2.37. The summed E-state index contributed by atoms with van der Waals surface area (Å²) >= 11 is 0. The Balaban J connectivity index is 2.25. The van der Waals surface area contributed by atoms with E-state index in [9.17, 15) is 14.4 Å². The van der Waals surface area contributed by atoms with E-state index in [2.05, 4.69) is 0 Å². The third-order valence-electron chi connectivity index (χ3n) is 4.00. The third kappa shape index (κ3) is 1.41. The quantitative estimate of drug-likeness (QED) is 0.749. The van der Waals surface area contributed by atoms with Crippen molar-refractivity contribution in [3.63, 3.8) is 0 Å². The van der Waals surface area contributed by atoms with Crippen molar-refractivity contribution in [2.45, 2.75) is 32.6 Å². The van der Waals surface area contributed by atoms with E-state index in [1.807, 2.05) is 6.92 Å². The van der Waals surface area contributed by atoms with Crippen molar-refractivity contribution in [3.8, 4) is 0 Å². The molecule has 0 saturated heterocycles. The Kier molecular flexibility index (Phi) is 2.30. The Bertz CT molecular complexity index is 591. The van der Waals surface area contributed by atoms with Gasteiger partial charge in [-0.05, 0) is 19.8 Å². The highest BCUT2D eigenvalue weighted by atomic mass is 16.1. The average molecular weight is 245 g/mol. The molecule has 0 bridgehead atoms. The summed E-state index contributed by atoms with van der Waals surface area (Å²) in [4.78, 5) is 36.3. The molecule has 0 radical (unpaired) electrons. The lowest BCUT2D eigenvalue weighted by Crippen LogP contribution is -2.20. The first-order chi connectivity index (χ1) is 8.52. The molecule has 0 aromatic carbocycles. The second-order valence-electron chi connectivity index (χ2n) is 5.23. The molecular formula is C14H15NO3. The minimum atomic E-state index is -0.0581. The zero-order chi connectivity index (χ0) is 13.0. The number of Topliss-reactive ketones (excluding diaryl/α,β-unsaturated/α-hetero) is 3. The minimum Gasteiger partial charge on any atom is -0.344 e. The molecule has 1 heterocycles. The summed E-state index contributed by atoms with van der Waals surface area (Å²) in [5, 5.41) is 0. The molecule has 0 unspecified atom stereocenters. The maximum atomic E-state index is 12.3. The van der Waals surface area contributed by atoms with Crippen LogP contribution >= 0.6 is 0 Å². The van der Waals surface area contributed by atoms with Crippen LogP contribution in [0.1, 0.15) is 62.6 Å². The van der Waals surface area contributed by atoms with Crippen LogP contribution in [0.2, 0.25) is 0 Å². The third-order valence-corrected chi connectivity index (χ3v) is 4.00. The van der Waals surface area contributed by atoms with Gasteiger partial charge in [-0.2, -0.15) is 0 Å². The number of carbonyl (C=O) groups is 3. The van der Waals surface area contributed by atoms with E-state index in [1.54, 1.807) is 11.6 Å². The van der Waals surface area contributed by atoms with E-state index in [0.29, 0.717) is 16.8 Å². The van der Waals surface area contributed by atoms with Crippen LogP contribution < -0.4 is 0 Å². The van der Waals surface area contributed by atoms with E-state index >= 15 is 0 Å². The lowest BCUT2D eigenvalue weighted by atomic mass is 9.90. The highest BCUT2D eigenvalue weighted by molar-refractivity contribution is 6.20. The Morgan fingerprint density at radius 2 is 1.78 bits per heavy atom. The molecule has 2 aliphatic rings. The molecule has 1 aromatic heterocycles. The Hall–Kier alpha value is -1.71. The number of rotatable bonds is 2. The van der Waals surface area contributed by atoms with Gasteiger partial charge in [-0.1, -0.05) is 0 Å². The van der Waals surface area contributed by atoms with Crippen LogP contribution in [-0.2, 0) is 7.05 Å². The van der Waals surface area contributed by atoms with Crippen LogP contribution in [0.4, 0.5) is 0 Å². The van der Waals surface area contributed by atoms with Crippen molar-refractivity contribution in [1.82, 2.24) is 4.57 Å². The Labute approximate surface area is 105 Å². The van der Waals surface area contributed by atoms with Crippen LogP contribution in [0.5, 0.6) is 0 Å². The van der Waals surface area contributed by atoms with Gasteiger partial charge >= 0.3 is 0 Å². The SMILES string of the molecule is Cc1c(C(=O)C2CC2)c2c(n1C)C(=O)CCC2=O. The molecule has 1 saturated carbocycles. The predicted octanol–water partition coefficient (Wildman–Crippen LogP) is 2.09. The van der Waals surface area contributed by atoms with Crippen LogP contribution in [0.15, 0.2) is 0 Å². The fraction of sp³-hybridized carbons (Fsp3) is 0.500. The van der Waals surface area contributed by atoms with E-state index in [0.717, 1.165) is 18.5 Å². The summed E-state index contributed by atoms with van der Waals surface area (Å²) < 4.78 is 1.71. The molecule has 4 heteroatoms. The number of fused-ring (bicyclic) bond motifs is 1. The summed E-state index contributed by atoms with van der Waals surface area (Å²) in [6.45, 7) is 1.81. The smallest absolute Gasteiger partial charge is 0.180 e. The molecule has 94 valence electrons. The summed E-state index contributed by atoms with van der Waals surface area (Å²) in [5.74, 6) is 0.0368. The fourth-order valence-electron chi connectivity index (χ4n) is 2.72. The zero-order valence-corrected chi connectivity index (χ0v) is 10.6. The number of carbonyl (C=O) groups excluding carboxylic acids is 3. The lowest BCUT2D eigenvalue weighted by molar-refractivity contribution is 0.0880. The topological polar surface area (TPSA) is 56.1 Å². The second-order valence-corrected chi connectivity index (χ2v) is 5.23. The van der Waals surface area contributed by atoms with Crippen LogP contribution in [0.3, 0.4) is 0 Å². The zero-order valence-electron chi connectivity index (χ0n) is 10.6. The van der Waals surface area contributed by atoms with E-state index in [1.165, 1.54) is 0 Å². The molecule has 1 fully saturated rings. The predicted molar refractivity (Wildman–Crippen MR) is 65.1 cm³/mol. The number of aromatic nitrogens is 1. The molecule has 2 aliphatic carbocycles. The number of ketones is 3. The number of nitrogens with zero attached hydrogens (tertiary/aromatic N) is 1. The normalized spacial score (nSPS) is 19.0. The van der Waals surface area contributed by atoms with Gasteiger partial charge in [0.2, 0.25) is 0 Å². The molecule has 4 nitrogen and oxygen atoms in total. The molecule has 0 spiro atoms. The molecule has 0 atom stereocenters. The van der Waals surface area contributed by atoms with Gasteiger partial charge in [-0.3, -0.25) is 14.4 Å². The highest BCUT2D eigenvalue weighted by Gasteiger charge is 2.39. The van der Waals surface area contributed by atoms with Crippen molar-refractivity contribution in [3.05, 3.63) is 22.5 Å². The van der Waals surface area contributed by atoms with Crippen molar-refractivity contribution in [2.24, 2.45) is 13.0 Å². The first-order valence-corrected chi connectivity index (χ1v) is 6.32. The van der Waals surface area contributed by atoms with Gasteiger partial charge in [0.25, 0.3) is 0 Å². The van der Waals surface area contributed by atoms with Crippen LogP contribution in [0, 0.1) is 12.8 Å².